The summed E-state index contributed by atoms with van der Waals surface area (Å²) < 4.78 is 15.0. The minimum atomic E-state index is -0.349. The zero-order valence-electron chi connectivity index (χ0n) is 17.6. The number of methoxy groups -OCH3 is 2. The van der Waals surface area contributed by atoms with Crippen LogP contribution in [-0.2, 0) is 20.8 Å². The number of ether oxygens (including phenoxy) is 3. The summed E-state index contributed by atoms with van der Waals surface area (Å²) in [5, 5.41) is 5.24. The van der Waals surface area contributed by atoms with Crippen molar-refractivity contribution in [2.75, 3.05) is 21.0 Å². The molecule has 31 heavy (non-hydrogen) atoms. The SMILES string of the molecule is COCOc1ccc(/C=C/CC(=O)OC)c(C(=O)NCc2ccc3ccccc3c2)c1. The fourth-order valence-corrected chi connectivity index (χ4v) is 3.09. The van der Waals surface area contributed by atoms with Crippen molar-refractivity contribution in [2.24, 2.45) is 0 Å². The van der Waals surface area contributed by atoms with Gasteiger partial charge in [-0.1, -0.05) is 54.6 Å². The van der Waals surface area contributed by atoms with Crippen LogP contribution in [-0.4, -0.2) is 32.9 Å². The number of carbonyl (C=O) groups excluding carboxylic acids is 2. The molecule has 0 fully saturated rings. The molecule has 0 saturated carbocycles. The van der Waals surface area contributed by atoms with Gasteiger partial charge in [0.2, 0.25) is 0 Å². The molecule has 3 rings (SSSR count). The molecule has 0 aliphatic carbocycles. The van der Waals surface area contributed by atoms with Gasteiger partial charge in [-0.25, -0.2) is 0 Å². The maximum Gasteiger partial charge on any atom is 0.309 e. The molecule has 6 heteroatoms. The lowest BCUT2D eigenvalue weighted by atomic mass is 10.0. The smallest absolute Gasteiger partial charge is 0.309 e. The summed E-state index contributed by atoms with van der Waals surface area (Å²) in [5.41, 5.74) is 2.11. The lowest BCUT2D eigenvalue weighted by Gasteiger charge is -2.11. The second kappa shape index (κ2) is 10.9. The number of hydrogen-bond acceptors (Lipinski definition) is 5. The third-order valence-corrected chi connectivity index (χ3v) is 4.69. The van der Waals surface area contributed by atoms with Gasteiger partial charge in [0, 0.05) is 13.7 Å². The molecule has 0 saturated heterocycles. The van der Waals surface area contributed by atoms with E-state index in [1.165, 1.54) is 14.2 Å². The summed E-state index contributed by atoms with van der Waals surface area (Å²) in [5.74, 6) is -0.0739. The van der Waals surface area contributed by atoms with E-state index in [1.807, 2.05) is 30.3 Å². The van der Waals surface area contributed by atoms with Gasteiger partial charge < -0.3 is 19.5 Å². The zero-order chi connectivity index (χ0) is 22.1. The number of nitrogens with one attached hydrogen (secondary N) is 1. The van der Waals surface area contributed by atoms with Crippen molar-refractivity contribution in [2.45, 2.75) is 13.0 Å². The summed E-state index contributed by atoms with van der Waals surface area (Å²) in [4.78, 5) is 24.3. The van der Waals surface area contributed by atoms with Crippen molar-refractivity contribution < 1.29 is 23.8 Å². The van der Waals surface area contributed by atoms with Crippen LogP contribution >= 0.6 is 0 Å². The van der Waals surface area contributed by atoms with Crippen LogP contribution in [0.5, 0.6) is 5.75 Å². The van der Waals surface area contributed by atoms with Crippen molar-refractivity contribution in [1.29, 1.82) is 0 Å². The fourth-order valence-electron chi connectivity index (χ4n) is 3.09. The summed E-state index contributed by atoms with van der Waals surface area (Å²) in [6.45, 7) is 0.466. The maximum absolute atomic E-state index is 13.0. The second-order valence-corrected chi connectivity index (χ2v) is 6.85. The van der Waals surface area contributed by atoms with Crippen molar-refractivity contribution in [3.05, 3.63) is 83.4 Å². The van der Waals surface area contributed by atoms with Gasteiger partial charge in [0.25, 0.3) is 5.91 Å². The molecule has 0 aliphatic heterocycles. The minimum Gasteiger partial charge on any atom is -0.469 e. The summed E-state index contributed by atoms with van der Waals surface area (Å²) in [7, 11) is 2.87. The van der Waals surface area contributed by atoms with E-state index in [-0.39, 0.29) is 25.1 Å². The Bertz CT molecular complexity index is 1090. The third kappa shape index (κ3) is 6.17. The Balaban J connectivity index is 1.77. The standard InChI is InChI=1S/C25H25NO5/c1-29-17-31-22-13-12-20(8-5-9-24(27)30-2)23(15-22)25(28)26-16-18-10-11-19-6-3-4-7-21(19)14-18/h3-8,10-15H,9,16-17H2,1-2H3,(H,26,28)/b8-5+. The van der Waals surface area contributed by atoms with Crippen LogP contribution in [0.4, 0.5) is 0 Å². The molecule has 0 bridgehead atoms. The monoisotopic (exact) mass is 419 g/mol. The molecule has 0 aliphatic rings. The van der Waals surface area contributed by atoms with Gasteiger partial charge in [-0.05, 0) is 40.1 Å². The first kappa shape index (κ1) is 22.1. The second-order valence-electron chi connectivity index (χ2n) is 6.85. The molecule has 0 spiro atoms. The molecule has 0 heterocycles. The number of benzene rings is 3. The zero-order valence-corrected chi connectivity index (χ0v) is 17.6. The minimum absolute atomic E-state index is 0.0790. The van der Waals surface area contributed by atoms with E-state index in [9.17, 15) is 9.59 Å². The largest absolute Gasteiger partial charge is 0.469 e. The van der Waals surface area contributed by atoms with E-state index in [0.29, 0.717) is 23.4 Å². The first-order valence-electron chi connectivity index (χ1n) is 9.85. The van der Waals surface area contributed by atoms with E-state index in [2.05, 4.69) is 22.2 Å². The van der Waals surface area contributed by atoms with Crippen molar-refractivity contribution in [3.63, 3.8) is 0 Å². The first-order valence-corrected chi connectivity index (χ1v) is 9.85. The number of hydrogen-bond donors (Lipinski definition) is 1. The van der Waals surface area contributed by atoms with Crippen LogP contribution in [0.2, 0.25) is 0 Å². The fraction of sp³-hybridized carbons (Fsp3) is 0.200. The molecule has 0 unspecified atom stereocenters. The Morgan fingerprint density at radius 2 is 1.77 bits per heavy atom. The van der Waals surface area contributed by atoms with Gasteiger partial charge in [0.05, 0.1) is 19.1 Å². The van der Waals surface area contributed by atoms with Crippen molar-refractivity contribution in [1.82, 2.24) is 5.32 Å². The van der Waals surface area contributed by atoms with E-state index >= 15 is 0 Å². The van der Waals surface area contributed by atoms with Crippen LogP contribution in [0.3, 0.4) is 0 Å². The molecule has 0 radical (unpaired) electrons. The Morgan fingerprint density at radius 3 is 2.55 bits per heavy atom. The molecule has 3 aromatic rings. The highest BCUT2D eigenvalue weighted by molar-refractivity contribution is 5.98. The van der Waals surface area contributed by atoms with Crippen LogP contribution in [0, 0.1) is 0 Å². The highest BCUT2D eigenvalue weighted by atomic mass is 16.7. The number of amides is 1. The quantitative estimate of drug-likeness (QED) is 0.413. The highest BCUT2D eigenvalue weighted by Crippen LogP contribution is 2.21. The Hall–Kier alpha value is -3.64. The number of fused-ring (bicyclic) bond motifs is 1. The van der Waals surface area contributed by atoms with E-state index in [4.69, 9.17) is 9.47 Å². The third-order valence-electron chi connectivity index (χ3n) is 4.69. The highest BCUT2D eigenvalue weighted by Gasteiger charge is 2.12. The van der Waals surface area contributed by atoms with Gasteiger partial charge in [-0.15, -0.1) is 0 Å². The maximum atomic E-state index is 13.0. The van der Waals surface area contributed by atoms with Gasteiger partial charge in [-0.3, -0.25) is 9.59 Å². The van der Waals surface area contributed by atoms with Gasteiger partial charge in [-0.2, -0.15) is 0 Å². The van der Waals surface area contributed by atoms with Crippen LogP contribution in [0.1, 0.15) is 27.9 Å². The lowest BCUT2D eigenvalue weighted by Crippen LogP contribution is -2.23. The Kier molecular flexibility index (Phi) is 7.79. The summed E-state index contributed by atoms with van der Waals surface area (Å²) in [6, 6.07) is 19.4. The molecule has 1 N–H and O–H groups in total. The van der Waals surface area contributed by atoms with Crippen LogP contribution in [0.25, 0.3) is 16.8 Å². The average molecular weight is 419 g/mol. The van der Waals surface area contributed by atoms with Crippen molar-refractivity contribution >= 4 is 28.7 Å². The average Bonchev–Trinajstić information content (AvgIpc) is 2.81. The van der Waals surface area contributed by atoms with E-state index in [0.717, 1.165) is 16.3 Å². The number of esters is 1. The predicted octanol–water partition coefficient (Wildman–Crippen LogP) is 4.33. The molecule has 160 valence electrons. The van der Waals surface area contributed by atoms with E-state index in [1.54, 1.807) is 30.4 Å². The van der Waals surface area contributed by atoms with Crippen LogP contribution in [0.15, 0.2) is 66.7 Å². The summed E-state index contributed by atoms with van der Waals surface area (Å²) in [6.07, 6.45) is 3.51. The van der Waals surface area contributed by atoms with Gasteiger partial charge in [0.1, 0.15) is 5.75 Å². The Labute approximate surface area is 181 Å². The number of rotatable bonds is 9. The molecular weight excluding hydrogens is 394 g/mol. The van der Waals surface area contributed by atoms with E-state index < -0.39 is 0 Å². The van der Waals surface area contributed by atoms with Gasteiger partial charge >= 0.3 is 5.97 Å². The lowest BCUT2D eigenvalue weighted by molar-refractivity contribution is -0.139. The molecule has 3 aromatic carbocycles. The molecular formula is C25H25NO5. The molecule has 1 amide bonds. The predicted molar refractivity (Wildman–Crippen MR) is 120 cm³/mol. The summed E-state index contributed by atoms with van der Waals surface area (Å²) >= 11 is 0. The molecule has 0 atom stereocenters. The van der Waals surface area contributed by atoms with Crippen molar-refractivity contribution in [3.8, 4) is 5.75 Å². The molecule has 0 aromatic heterocycles. The van der Waals surface area contributed by atoms with Gasteiger partial charge in [0.15, 0.2) is 6.79 Å². The normalized spacial score (nSPS) is 10.9. The topological polar surface area (TPSA) is 73.9 Å². The molecule has 6 nitrogen and oxygen atoms in total. The van der Waals surface area contributed by atoms with Crippen LogP contribution < -0.4 is 10.1 Å². The number of carbonyl (C=O) groups is 2. The first-order chi connectivity index (χ1) is 15.1. The Morgan fingerprint density at radius 1 is 0.968 bits per heavy atom.